The molecule has 0 radical (unpaired) electrons. The number of anilines is 2. The molecule has 2 amide bonds. The molecule has 0 bridgehead atoms. The second kappa shape index (κ2) is 10.7. The monoisotopic (exact) mass is 537 g/mol. The molecule has 1 atom stereocenters. The molecule has 4 rings (SSSR count). The van der Waals surface area contributed by atoms with Gasteiger partial charge in [-0.15, -0.1) is 0 Å². The van der Waals surface area contributed by atoms with Gasteiger partial charge >= 0.3 is 0 Å². The summed E-state index contributed by atoms with van der Waals surface area (Å²) in [4.78, 5) is 26.8. The summed E-state index contributed by atoms with van der Waals surface area (Å²) in [6.07, 6.45) is 0.0973. The first-order valence-corrected chi connectivity index (χ1v) is 11.8. The Morgan fingerprint density at radius 2 is 1.65 bits per heavy atom. The van der Waals surface area contributed by atoms with E-state index in [1.807, 2.05) is 0 Å². The van der Waals surface area contributed by atoms with Gasteiger partial charge in [-0.1, -0.05) is 52.5 Å². The Morgan fingerprint density at radius 3 is 2.35 bits per heavy atom. The lowest BCUT2D eigenvalue weighted by Gasteiger charge is -2.18. The van der Waals surface area contributed by atoms with Crippen LogP contribution in [0.3, 0.4) is 0 Å². The van der Waals surface area contributed by atoms with Crippen molar-refractivity contribution >= 4 is 69.6 Å². The van der Waals surface area contributed by atoms with E-state index in [0.29, 0.717) is 42.8 Å². The number of carbonyl (C=O) groups is 2. The number of amides is 2. The Balaban J connectivity index is 1.40. The number of hydrogen-bond acceptors (Lipinski definition) is 4. The lowest BCUT2D eigenvalue weighted by atomic mass is 10.1. The normalized spacial score (nSPS) is 15.4. The lowest BCUT2D eigenvalue weighted by molar-refractivity contribution is -0.125. The largest absolute Gasteiger partial charge is 0.487 e. The van der Waals surface area contributed by atoms with Crippen LogP contribution in [0.1, 0.15) is 12.0 Å². The van der Waals surface area contributed by atoms with Gasteiger partial charge in [0.2, 0.25) is 11.8 Å². The number of ether oxygens (including phenoxy) is 1. The molecule has 1 aliphatic heterocycles. The summed E-state index contributed by atoms with van der Waals surface area (Å²) in [5.41, 5.74) is 7.29. The van der Waals surface area contributed by atoms with Crippen LogP contribution < -0.4 is 20.5 Å². The molecule has 0 unspecified atom stereocenters. The molecule has 0 aliphatic carbocycles. The van der Waals surface area contributed by atoms with Gasteiger partial charge in [0, 0.05) is 44.3 Å². The van der Waals surface area contributed by atoms with Crippen molar-refractivity contribution in [1.82, 2.24) is 5.43 Å². The van der Waals surface area contributed by atoms with Crippen molar-refractivity contribution in [3.8, 4) is 5.75 Å². The molecule has 34 heavy (non-hydrogen) atoms. The highest BCUT2D eigenvalue weighted by molar-refractivity contribution is 6.36. The van der Waals surface area contributed by atoms with Gasteiger partial charge in [-0.3, -0.25) is 20.4 Å². The van der Waals surface area contributed by atoms with Crippen LogP contribution in [-0.2, 0) is 16.2 Å². The van der Waals surface area contributed by atoms with Crippen LogP contribution in [0.25, 0.3) is 0 Å². The summed E-state index contributed by atoms with van der Waals surface area (Å²) in [6, 6.07) is 17.1. The van der Waals surface area contributed by atoms with Crippen LogP contribution >= 0.6 is 46.4 Å². The summed E-state index contributed by atoms with van der Waals surface area (Å²) in [7, 11) is 0. The Bertz CT molecular complexity index is 1200. The van der Waals surface area contributed by atoms with Crippen molar-refractivity contribution in [2.45, 2.75) is 13.0 Å². The van der Waals surface area contributed by atoms with Gasteiger partial charge in [-0.2, -0.15) is 0 Å². The number of halogens is 4. The molecular weight excluding hydrogens is 520 g/mol. The summed E-state index contributed by atoms with van der Waals surface area (Å²) in [5, 5.41) is 2.00. The van der Waals surface area contributed by atoms with Crippen molar-refractivity contribution in [3.05, 3.63) is 86.3 Å². The minimum atomic E-state index is -0.527. The molecule has 1 saturated heterocycles. The van der Waals surface area contributed by atoms with Gasteiger partial charge in [-0.05, 0) is 54.6 Å². The first kappa shape index (κ1) is 24.5. The number of nitrogens with zero attached hydrogens (tertiary/aromatic N) is 1. The maximum absolute atomic E-state index is 12.8. The minimum absolute atomic E-state index is 0.0973. The quantitative estimate of drug-likeness (QED) is 0.342. The van der Waals surface area contributed by atoms with Gasteiger partial charge in [0.15, 0.2) is 0 Å². The second-order valence-corrected chi connectivity index (χ2v) is 9.31. The first-order valence-electron chi connectivity index (χ1n) is 10.3. The van der Waals surface area contributed by atoms with Crippen LogP contribution in [0.5, 0.6) is 5.75 Å². The molecule has 6 nitrogen and oxygen atoms in total. The van der Waals surface area contributed by atoms with Crippen LogP contribution in [0.4, 0.5) is 11.4 Å². The Hall–Kier alpha value is -2.64. The third-order valence-electron chi connectivity index (χ3n) is 5.33. The average Bonchev–Trinajstić information content (AvgIpc) is 3.20. The fraction of sp³-hybridized carbons (Fsp3) is 0.167. The van der Waals surface area contributed by atoms with Gasteiger partial charge < -0.3 is 9.64 Å². The number of rotatable bonds is 7. The first-order chi connectivity index (χ1) is 16.3. The van der Waals surface area contributed by atoms with Gasteiger partial charge in [0.25, 0.3) is 0 Å². The minimum Gasteiger partial charge on any atom is -0.487 e. The maximum Gasteiger partial charge on any atom is 0.243 e. The summed E-state index contributed by atoms with van der Waals surface area (Å²) in [5.74, 6) is -0.553. The third kappa shape index (κ3) is 5.70. The number of hydrogen-bond donors (Lipinski definition) is 2. The van der Waals surface area contributed by atoms with Crippen molar-refractivity contribution in [1.29, 1.82) is 0 Å². The summed E-state index contributed by atoms with van der Waals surface area (Å²) in [6.45, 7) is 0.383. The Kier molecular flexibility index (Phi) is 7.73. The smallest absolute Gasteiger partial charge is 0.243 e. The number of nitrogens with one attached hydrogen (secondary N) is 2. The van der Waals surface area contributed by atoms with Crippen molar-refractivity contribution < 1.29 is 14.3 Å². The SMILES string of the molecule is O=C(NNc1cc(Cl)ccc1OCc1c(Cl)cccc1Cl)[C@@H]1CC(=O)N(c2ccc(Cl)cc2)C1. The van der Waals surface area contributed by atoms with Crippen molar-refractivity contribution in [2.24, 2.45) is 5.92 Å². The van der Waals surface area contributed by atoms with Gasteiger partial charge in [0.1, 0.15) is 12.4 Å². The number of benzene rings is 3. The summed E-state index contributed by atoms with van der Waals surface area (Å²) < 4.78 is 5.88. The highest BCUT2D eigenvalue weighted by Crippen LogP contribution is 2.31. The van der Waals surface area contributed by atoms with Gasteiger partial charge in [0.05, 0.1) is 11.6 Å². The number of carbonyl (C=O) groups excluding carboxylic acids is 2. The highest BCUT2D eigenvalue weighted by Gasteiger charge is 2.35. The highest BCUT2D eigenvalue weighted by atomic mass is 35.5. The zero-order valence-corrected chi connectivity index (χ0v) is 20.7. The van der Waals surface area contributed by atoms with Crippen molar-refractivity contribution in [3.63, 3.8) is 0 Å². The molecule has 0 spiro atoms. The third-order valence-corrected chi connectivity index (χ3v) is 6.53. The maximum atomic E-state index is 12.8. The summed E-state index contributed by atoms with van der Waals surface area (Å²) >= 11 is 24.5. The van der Waals surface area contributed by atoms with Gasteiger partial charge in [-0.25, -0.2) is 0 Å². The van der Waals surface area contributed by atoms with E-state index in [1.165, 1.54) is 0 Å². The predicted octanol–water partition coefficient (Wildman–Crippen LogP) is 6.38. The Morgan fingerprint density at radius 1 is 0.971 bits per heavy atom. The van der Waals surface area contributed by atoms with Crippen molar-refractivity contribution in [2.75, 3.05) is 16.9 Å². The molecule has 1 fully saturated rings. The van der Waals surface area contributed by atoms with Crippen LogP contribution in [0.2, 0.25) is 20.1 Å². The van der Waals surface area contributed by atoms with E-state index in [4.69, 9.17) is 51.1 Å². The predicted molar refractivity (Wildman–Crippen MR) is 136 cm³/mol. The van der Waals surface area contributed by atoms with Crippen LogP contribution in [0.15, 0.2) is 60.7 Å². The zero-order valence-electron chi connectivity index (χ0n) is 17.7. The molecule has 3 aromatic carbocycles. The van der Waals surface area contributed by atoms with Crippen LogP contribution in [-0.4, -0.2) is 18.4 Å². The standard InChI is InChI=1S/C24H19Cl4N3O3/c25-15-4-7-17(8-5-15)31-12-14(10-23(31)32)24(33)30-29-21-11-16(26)6-9-22(21)34-13-18-19(27)2-1-3-20(18)28/h1-9,11,14,29H,10,12-13H2,(H,30,33)/t14-/m1/s1. The fourth-order valence-corrected chi connectivity index (χ4v) is 4.34. The van der Waals surface area contributed by atoms with E-state index in [-0.39, 0.29) is 31.4 Å². The van der Waals surface area contributed by atoms with Crippen LogP contribution in [0, 0.1) is 5.92 Å². The lowest BCUT2D eigenvalue weighted by Crippen LogP contribution is -2.36. The molecule has 1 aliphatic rings. The average molecular weight is 539 g/mol. The molecule has 3 aromatic rings. The van der Waals surface area contributed by atoms with E-state index in [2.05, 4.69) is 10.9 Å². The molecule has 0 aromatic heterocycles. The molecular formula is C24H19Cl4N3O3. The fourth-order valence-electron chi connectivity index (χ4n) is 3.53. The van der Waals surface area contributed by atoms with E-state index in [0.717, 1.165) is 0 Å². The molecule has 176 valence electrons. The van der Waals surface area contributed by atoms with E-state index < -0.39 is 5.92 Å². The molecule has 1 heterocycles. The van der Waals surface area contributed by atoms with E-state index >= 15 is 0 Å². The van der Waals surface area contributed by atoms with E-state index in [9.17, 15) is 9.59 Å². The second-order valence-electron chi connectivity index (χ2n) is 7.63. The molecule has 10 heteroatoms. The number of hydrazine groups is 1. The van der Waals surface area contributed by atoms with E-state index in [1.54, 1.807) is 65.6 Å². The topological polar surface area (TPSA) is 70.7 Å². The zero-order chi connectivity index (χ0) is 24.2. The molecule has 0 saturated carbocycles. The molecule has 2 N–H and O–H groups in total. The Labute approximate surface area is 216 Å².